The molecule has 8 nitrogen and oxygen atoms in total. The molecule has 2 rings (SSSR count). The van der Waals surface area contributed by atoms with Crippen molar-refractivity contribution >= 4 is 22.9 Å². The summed E-state index contributed by atoms with van der Waals surface area (Å²) in [7, 11) is 0. The molecule has 2 heterocycles. The van der Waals surface area contributed by atoms with Crippen LogP contribution in [0.3, 0.4) is 0 Å². The van der Waals surface area contributed by atoms with E-state index in [9.17, 15) is 5.21 Å². The van der Waals surface area contributed by atoms with Crippen LogP contribution in [0.5, 0.6) is 0 Å². The highest BCUT2D eigenvalue weighted by Gasteiger charge is 2.16. The van der Waals surface area contributed by atoms with E-state index >= 15 is 0 Å². The first-order valence-electron chi connectivity index (χ1n) is 6.01. The van der Waals surface area contributed by atoms with Crippen LogP contribution in [-0.2, 0) is 11.3 Å². The van der Waals surface area contributed by atoms with Gasteiger partial charge in [0.2, 0.25) is 5.52 Å². The summed E-state index contributed by atoms with van der Waals surface area (Å²) in [6.07, 6.45) is 3.32. The lowest BCUT2D eigenvalue weighted by molar-refractivity contribution is -0.580. The number of aromatic nitrogens is 4. The topological polar surface area (TPSA) is 127 Å². The molecular formula is C11H16N6O2. The zero-order valence-electron chi connectivity index (χ0n) is 10.7. The van der Waals surface area contributed by atoms with Gasteiger partial charge in [-0.3, -0.25) is 0 Å². The molecular weight excluding hydrogens is 248 g/mol. The normalized spacial score (nSPS) is 11.0. The van der Waals surface area contributed by atoms with Crippen molar-refractivity contribution in [3.05, 3.63) is 17.1 Å². The second-order valence-electron chi connectivity index (χ2n) is 4.10. The fourth-order valence-electron chi connectivity index (χ4n) is 1.60. The standard InChI is InChI=1S/C11H16N6O2/c1-2-3-4-19-6-7-5-17(18)10-8(14-7)9(12)15-11(13)16-10/h5H,2-4,6H2,1H3,(H4,12,13,15,16). The molecule has 0 saturated heterocycles. The van der Waals surface area contributed by atoms with Crippen molar-refractivity contribution in [3.63, 3.8) is 0 Å². The Morgan fingerprint density at radius 3 is 2.84 bits per heavy atom. The molecule has 0 bridgehead atoms. The van der Waals surface area contributed by atoms with Crippen LogP contribution in [0.1, 0.15) is 25.5 Å². The van der Waals surface area contributed by atoms with Crippen molar-refractivity contribution in [1.82, 2.24) is 15.0 Å². The Labute approximate surface area is 110 Å². The Morgan fingerprint density at radius 1 is 1.32 bits per heavy atom. The van der Waals surface area contributed by atoms with Crippen LogP contribution in [0, 0.1) is 5.21 Å². The highest BCUT2D eigenvalue weighted by atomic mass is 16.5. The van der Waals surface area contributed by atoms with Gasteiger partial charge < -0.3 is 21.4 Å². The van der Waals surface area contributed by atoms with E-state index < -0.39 is 0 Å². The first-order valence-corrected chi connectivity index (χ1v) is 6.01. The number of nitrogens with two attached hydrogens (primary N) is 2. The Morgan fingerprint density at radius 2 is 2.11 bits per heavy atom. The van der Waals surface area contributed by atoms with Crippen LogP contribution < -0.4 is 16.2 Å². The monoisotopic (exact) mass is 264 g/mol. The molecule has 102 valence electrons. The van der Waals surface area contributed by atoms with Crippen molar-refractivity contribution in [1.29, 1.82) is 0 Å². The fourth-order valence-corrected chi connectivity index (χ4v) is 1.60. The van der Waals surface area contributed by atoms with E-state index in [-0.39, 0.29) is 29.5 Å². The molecule has 0 amide bonds. The predicted molar refractivity (Wildman–Crippen MR) is 69.7 cm³/mol. The average Bonchev–Trinajstić information content (AvgIpc) is 2.36. The summed E-state index contributed by atoms with van der Waals surface area (Å²) in [4.78, 5) is 11.8. The van der Waals surface area contributed by atoms with E-state index in [4.69, 9.17) is 16.2 Å². The molecule has 0 aliphatic carbocycles. The summed E-state index contributed by atoms with van der Waals surface area (Å²) in [5.41, 5.74) is 11.9. The van der Waals surface area contributed by atoms with E-state index in [2.05, 4.69) is 21.9 Å². The Kier molecular flexibility index (Phi) is 3.91. The molecule has 0 spiro atoms. The van der Waals surface area contributed by atoms with E-state index in [0.29, 0.717) is 17.0 Å². The SMILES string of the molecule is CCCCOCc1c[n+]([O-])c2nc(N)nc(N)c2n1. The number of hydrogen-bond acceptors (Lipinski definition) is 7. The van der Waals surface area contributed by atoms with Crippen molar-refractivity contribution in [3.8, 4) is 0 Å². The number of unbranched alkanes of at least 4 members (excludes halogenated alkanes) is 1. The van der Waals surface area contributed by atoms with Gasteiger partial charge in [0.25, 0.3) is 0 Å². The third kappa shape index (κ3) is 2.97. The van der Waals surface area contributed by atoms with Crippen LogP contribution in [0.25, 0.3) is 11.2 Å². The van der Waals surface area contributed by atoms with Gasteiger partial charge in [-0.25, -0.2) is 9.71 Å². The lowest BCUT2D eigenvalue weighted by Crippen LogP contribution is -2.30. The van der Waals surface area contributed by atoms with Crippen molar-refractivity contribution < 1.29 is 9.47 Å². The van der Waals surface area contributed by atoms with E-state index in [0.717, 1.165) is 12.8 Å². The molecule has 0 unspecified atom stereocenters. The van der Waals surface area contributed by atoms with Crippen molar-refractivity contribution in [2.75, 3.05) is 18.1 Å². The van der Waals surface area contributed by atoms with E-state index in [1.807, 2.05) is 0 Å². The molecule has 0 saturated carbocycles. The lowest BCUT2D eigenvalue weighted by atomic mass is 10.3. The van der Waals surface area contributed by atoms with Crippen molar-refractivity contribution in [2.24, 2.45) is 0 Å². The lowest BCUT2D eigenvalue weighted by Gasteiger charge is -2.08. The van der Waals surface area contributed by atoms with Gasteiger partial charge in [0.05, 0.1) is 6.61 Å². The van der Waals surface area contributed by atoms with Crippen LogP contribution >= 0.6 is 0 Å². The maximum absolute atomic E-state index is 11.8. The van der Waals surface area contributed by atoms with Gasteiger partial charge >= 0.3 is 11.6 Å². The van der Waals surface area contributed by atoms with Crippen LogP contribution in [0.15, 0.2) is 6.20 Å². The molecule has 2 aromatic heterocycles. The largest absolute Gasteiger partial charge is 0.710 e. The fraction of sp³-hybridized carbons (Fsp3) is 0.455. The highest BCUT2D eigenvalue weighted by Crippen LogP contribution is 2.13. The average molecular weight is 264 g/mol. The first-order chi connectivity index (χ1) is 9.11. The third-order valence-corrected chi connectivity index (χ3v) is 2.53. The molecule has 8 heteroatoms. The van der Waals surface area contributed by atoms with Gasteiger partial charge in [0.1, 0.15) is 11.9 Å². The maximum Gasteiger partial charge on any atom is 0.360 e. The Balaban J connectivity index is 2.28. The van der Waals surface area contributed by atoms with Gasteiger partial charge in [-0.1, -0.05) is 13.3 Å². The van der Waals surface area contributed by atoms with Gasteiger partial charge in [-0.05, 0) is 6.42 Å². The van der Waals surface area contributed by atoms with E-state index in [1.54, 1.807) is 0 Å². The van der Waals surface area contributed by atoms with Gasteiger partial charge in [-0.15, -0.1) is 0 Å². The van der Waals surface area contributed by atoms with Gasteiger partial charge in [0, 0.05) is 11.6 Å². The minimum Gasteiger partial charge on any atom is -0.710 e. The molecule has 0 aromatic carbocycles. The Hall–Kier alpha value is -2.22. The molecule has 0 radical (unpaired) electrons. The van der Waals surface area contributed by atoms with Crippen LogP contribution in [0.4, 0.5) is 11.8 Å². The molecule has 4 N–H and O–H groups in total. The number of ether oxygens (including phenoxy) is 1. The number of nitrogens with zero attached hydrogens (tertiary/aromatic N) is 4. The van der Waals surface area contributed by atoms with E-state index in [1.165, 1.54) is 6.20 Å². The summed E-state index contributed by atoms with van der Waals surface area (Å²) in [6, 6.07) is 0. The second-order valence-corrected chi connectivity index (χ2v) is 4.10. The number of rotatable bonds is 5. The second kappa shape index (κ2) is 5.61. The minimum absolute atomic E-state index is 0.0525. The molecule has 0 fully saturated rings. The summed E-state index contributed by atoms with van der Waals surface area (Å²) in [6.45, 7) is 2.95. The summed E-state index contributed by atoms with van der Waals surface area (Å²) in [5.74, 6) is 0.0332. The quantitative estimate of drug-likeness (QED) is 0.446. The molecule has 0 atom stereocenters. The third-order valence-electron chi connectivity index (χ3n) is 2.53. The smallest absolute Gasteiger partial charge is 0.360 e. The Bertz CT molecular complexity index is 589. The maximum atomic E-state index is 11.8. The first kappa shape index (κ1) is 13.2. The summed E-state index contributed by atoms with van der Waals surface area (Å²) in [5, 5.41) is 11.8. The number of hydrogen-bond donors (Lipinski definition) is 2. The van der Waals surface area contributed by atoms with Gasteiger partial charge in [0.15, 0.2) is 5.82 Å². The van der Waals surface area contributed by atoms with Gasteiger partial charge in [-0.2, -0.15) is 4.98 Å². The minimum atomic E-state index is -0.0525. The molecule has 2 aromatic rings. The zero-order chi connectivity index (χ0) is 13.8. The highest BCUT2D eigenvalue weighted by molar-refractivity contribution is 5.79. The number of fused-ring (bicyclic) bond motifs is 1. The van der Waals surface area contributed by atoms with Crippen LogP contribution in [0.2, 0.25) is 0 Å². The van der Waals surface area contributed by atoms with Crippen LogP contribution in [-0.4, -0.2) is 21.6 Å². The zero-order valence-corrected chi connectivity index (χ0v) is 10.7. The predicted octanol–water partition coefficient (Wildman–Crippen LogP) is 0.139. The number of nitrogen functional groups attached to an aromatic ring is 2. The molecule has 19 heavy (non-hydrogen) atoms. The van der Waals surface area contributed by atoms with Crippen molar-refractivity contribution in [2.45, 2.75) is 26.4 Å². The summed E-state index contributed by atoms with van der Waals surface area (Å²) < 4.78 is 5.99. The summed E-state index contributed by atoms with van der Waals surface area (Å²) >= 11 is 0. The number of anilines is 2. The molecule has 0 aliphatic heterocycles. The molecule has 0 aliphatic rings.